The first kappa shape index (κ1) is 20.1. The van der Waals surface area contributed by atoms with Crippen molar-refractivity contribution in [3.8, 4) is 11.3 Å². The van der Waals surface area contributed by atoms with Crippen LogP contribution < -0.4 is 5.32 Å². The maximum atomic E-state index is 13.7. The predicted octanol–water partition coefficient (Wildman–Crippen LogP) is 3.22. The van der Waals surface area contributed by atoms with Gasteiger partial charge in [-0.05, 0) is 19.1 Å². The summed E-state index contributed by atoms with van der Waals surface area (Å²) in [4.78, 5) is 11.6. The van der Waals surface area contributed by atoms with Gasteiger partial charge in [-0.25, -0.2) is 9.37 Å². The molecule has 0 unspecified atom stereocenters. The normalized spacial score (nSPS) is 13.5. The van der Waals surface area contributed by atoms with E-state index in [1.165, 1.54) is 18.5 Å². The number of hydrogen-bond donors (Lipinski definition) is 4. The van der Waals surface area contributed by atoms with E-state index in [-0.39, 0.29) is 13.2 Å². The average Bonchev–Trinajstić information content (AvgIpc) is 3.42. The molecular formula is C23H21FN6O2. The highest BCUT2D eigenvalue weighted by atomic mass is 19.1. The van der Waals surface area contributed by atoms with E-state index in [0.717, 1.165) is 22.7 Å². The number of aromatic amines is 1. The average molecular weight is 432 g/mol. The number of aliphatic hydroxyl groups excluding tert-OH is 1. The second-order valence-electron chi connectivity index (χ2n) is 7.86. The summed E-state index contributed by atoms with van der Waals surface area (Å²) in [6.45, 7) is 1.66. The fraction of sp³-hybridized carbons (Fsp3) is 0.174. The van der Waals surface area contributed by atoms with Crippen LogP contribution in [-0.2, 0) is 12.2 Å². The summed E-state index contributed by atoms with van der Waals surface area (Å²) in [5.74, 6) is 0.0610. The molecule has 0 aliphatic rings. The first-order valence-electron chi connectivity index (χ1n) is 10.1. The summed E-state index contributed by atoms with van der Waals surface area (Å²) >= 11 is 0. The quantitative estimate of drug-likeness (QED) is 0.328. The highest BCUT2D eigenvalue weighted by molar-refractivity contribution is 5.84. The van der Waals surface area contributed by atoms with Crippen molar-refractivity contribution >= 4 is 22.4 Å². The van der Waals surface area contributed by atoms with Crippen LogP contribution in [0.5, 0.6) is 0 Å². The SMILES string of the molecule is C[C@](O)(CNc1cc(-c2cncc(F)c2)nc2c(CO)cnn12)c1c[nH]c2ccccc12. The van der Waals surface area contributed by atoms with Gasteiger partial charge in [0.25, 0.3) is 0 Å². The number of para-hydroxylation sites is 1. The van der Waals surface area contributed by atoms with E-state index in [1.807, 2.05) is 24.3 Å². The second kappa shape index (κ2) is 7.70. The summed E-state index contributed by atoms with van der Waals surface area (Å²) in [5, 5.41) is 29.4. The second-order valence-corrected chi connectivity index (χ2v) is 7.86. The number of anilines is 1. The molecule has 1 aromatic carbocycles. The van der Waals surface area contributed by atoms with Crippen LogP contribution in [0.25, 0.3) is 27.8 Å². The number of halogens is 1. The standard InChI is InChI=1S/C23H21FN6O2/c1-23(32,18-11-26-19-5-3-2-4-17(18)19)13-27-21-7-20(14-6-16(24)10-25-8-14)29-22-15(12-31)9-28-30(21)22/h2-11,26-27,31-32H,12-13H2,1H3/t23-/m0/s1. The Hall–Kier alpha value is -3.82. The Morgan fingerprint density at radius 3 is 2.84 bits per heavy atom. The third kappa shape index (κ3) is 3.47. The zero-order valence-electron chi connectivity index (χ0n) is 17.2. The number of benzene rings is 1. The van der Waals surface area contributed by atoms with Gasteiger partial charge in [-0.15, -0.1) is 0 Å². The zero-order valence-corrected chi connectivity index (χ0v) is 17.2. The number of nitrogens with zero attached hydrogens (tertiary/aromatic N) is 4. The summed E-state index contributed by atoms with van der Waals surface area (Å²) in [7, 11) is 0. The molecule has 162 valence electrons. The number of hydrogen-bond acceptors (Lipinski definition) is 6. The Morgan fingerprint density at radius 1 is 1.19 bits per heavy atom. The Labute approximate surface area is 182 Å². The Kier molecular flexibility index (Phi) is 4.84. The number of aromatic nitrogens is 5. The molecule has 0 saturated carbocycles. The van der Waals surface area contributed by atoms with E-state index in [1.54, 1.807) is 23.7 Å². The molecule has 1 atom stereocenters. The third-order valence-corrected chi connectivity index (χ3v) is 5.50. The molecule has 0 fully saturated rings. The number of pyridine rings is 1. The summed E-state index contributed by atoms with van der Waals surface area (Å²) in [6.07, 6.45) is 5.97. The maximum absolute atomic E-state index is 13.7. The van der Waals surface area contributed by atoms with Gasteiger partial charge in [0.1, 0.15) is 17.2 Å². The topological polar surface area (TPSA) is 111 Å². The molecule has 9 heteroatoms. The van der Waals surface area contributed by atoms with E-state index in [0.29, 0.717) is 28.3 Å². The molecule has 5 aromatic rings. The molecule has 8 nitrogen and oxygen atoms in total. The van der Waals surface area contributed by atoms with Gasteiger partial charge in [-0.3, -0.25) is 4.98 Å². The summed E-state index contributed by atoms with van der Waals surface area (Å²) < 4.78 is 15.3. The number of nitrogens with one attached hydrogen (secondary N) is 2. The fourth-order valence-corrected chi connectivity index (χ4v) is 3.82. The monoisotopic (exact) mass is 432 g/mol. The van der Waals surface area contributed by atoms with Crippen LogP contribution in [0.15, 0.2) is 61.2 Å². The van der Waals surface area contributed by atoms with Crippen LogP contribution in [0.1, 0.15) is 18.1 Å². The number of fused-ring (bicyclic) bond motifs is 2. The number of H-pyrrole nitrogens is 1. The van der Waals surface area contributed by atoms with Crippen molar-refractivity contribution in [2.45, 2.75) is 19.1 Å². The van der Waals surface area contributed by atoms with Crippen molar-refractivity contribution in [2.75, 3.05) is 11.9 Å². The van der Waals surface area contributed by atoms with Crippen molar-refractivity contribution in [1.82, 2.24) is 24.6 Å². The predicted molar refractivity (Wildman–Crippen MR) is 118 cm³/mol. The van der Waals surface area contributed by atoms with Crippen molar-refractivity contribution in [3.05, 3.63) is 78.1 Å². The lowest BCUT2D eigenvalue weighted by molar-refractivity contribution is 0.0730. The first-order chi connectivity index (χ1) is 15.5. The zero-order chi connectivity index (χ0) is 22.3. The molecule has 4 heterocycles. The van der Waals surface area contributed by atoms with Crippen LogP contribution >= 0.6 is 0 Å². The van der Waals surface area contributed by atoms with Gasteiger partial charge < -0.3 is 20.5 Å². The van der Waals surface area contributed by atoms with E-state index in [9.17, 15) is 14.6 Å². The summed E-state index contributed by atoms with van der Waals surface area (Å²) in [5.41, 5.74) is 2.42. The molecule has 0 saturated heterocycles. The van der Waals surface area contributed by atoms with Gasteiger partial charge >= 0.3 is 0 Å². The lowest BCUT2D eigenvalue weighted by Crippen LogP contribution is -2.31. The molecular weight excluding hydrogens is 411 g/mol. The molecule has 4 N–H and O–H groups in total. The van der Waals surface area contributed by atoms with E-state index in [2.05, 4.69) is 25.4 Å². The molecule has 32 heavy (non-hydrogen) atoms. The minimum Gasteiger partial charge on any atom is -0.391 e. The van der Waals surface area contributed by atoms with Gasteiger partial charge in [0.2, 0.25) is 0 Å². The van der Waals surface area contributed by atoms with Crippen LogP contribution in [0.4, 0.5) is 10.2 Å². The van der Waals surface area contributed by atoms with Gasteiger partial charge in [-0.1, -0.05) is 18.2 Å². The minimum atomic E-state index is -1.21. The Morgan fingerprint density at radius 2 is 2.03 bits per heavy atom. The van der Waals surface area contributed by atoms with Crippen molar-refractivity contribution in [2.24, 2.45) is 0 Å². The van der Waals surface area contributed by atoms with Crippen LogP contribution in [0, 0.1) is 5.82 Å². The maximum Gasteiger partial charge on any atom is 0.163 e. The molecule has 0 bridgehead atoms. The highest BCUT2D eigenvalue weighted by Crippen LogP contribution is 2.30. The molecule has 0 amide bonds. The largest absolute Gasteiger partial charge is 0.391 e. The van der Waals surface area contributed by atoms with Gasteiger partial charge in [0.05, 0.1) is 24.7 Å². The molecule has 4 aromatic heterocycles. The van der Waals surface area contributed by atoms with Crippen LogP contribution in [0.2, 0.25) is 0 Å². The lowest BCUT2D eigenvalue weighted by Gasteiger charge is -2.24. The van der Waals surface area contributed by atoms with Gasteiger partial charge in [0.15, 0.2) is 5.65 Å². The fourth-order valence-electron chi connectivity index (χ4n) is 3.82. The molecule has 0 radical (unpaired) electrons. The van der Waals surface area contributed by atoms with E-state index < -0.39 is 11.4 Å². The number of rotatable bonds is 6. The minimum absolute atomic E-state index is 0.170. The van der Waals surface area contributed by atoms with Crippen molar-refractivity contribution in [1.29, 1.82) is 0 Å². The smallest absolute Gasteiger partial charge is 0.163 e. The molecule has 5 rings (SSSR count). The van der Waals surface area contributed by atoms with Crippen LogP contribution in [0.3, 0.4) is 0 Å². The van der Waals surface area contributed by atoms with E-state index in [4.69, 9.17) is 0 Å². The first-order valence-corrected chi connectivity index (χ1v) is 10.1. The molecule has 0 aliphatic heterocycles. The van der Waals surface area contributed by atoms with Gasteiger partial charge in [-0.2, -0.15) is 9.61 Å². The van der Waals surface area contributed by atoms with Crippen molar-refractivity contribution in [3.63, 3.8) is 0 Å². The number of aliphatic hydroxyl groups is 2. The van der Waals surface area contributed by atoms with Gasteiger partial charge in [0, 0.05) is 52.6 Å². The van der Waals surface area contributed by atoms with Crippen LogP contribution in [-0.4, -0.2) is 41.3 Å². The lowest BCUT2D eigenvalue weighted by atomic mass is 9.95. The van der Waals surface area contributed by atoms with E-state index >= 15 is 0 Å². The van der Waals surface area contributed by atoms with Crippen molar-refractivity contribution < 1.29 is 14.6 Å². The molecule has 0 spiro atoms. The Balaban J connectivity index is 1.54. The highest BCUT2D eigenvalue weighted by Gasteiger charge is 2.27. The summed E-state index contributed by atoms with van der Waals surface area (Å²) in [6, 6.07) is 10.8. The molecule has 0 aliphatic carbocycles. The Bertz CT molecular complexity index is 1420. The third-order valence-electron chi connectivity index (χ3n) is 5.50.